The van der Waals surface area contributed by atoms with Crippen LogP contribution in [-0.4, -0.2) is 22.9 Å². The molecule has 0 bridgehead atoms. The summed E-state index contributed by atoms with van der Waals surface area (Å²) in [5.74, 6) is 0.372. The average Bonchev–Trinajstić information content (AvgIpc) is 2.09. The van der Waals surface area contributed by atoms with Gasteiger partial charge in [0, 0.05) is 12.0 Å². The van der Waals surface area contributed by atoms with Gasteiger partial charge in [0.05, 0.1) is 6.00 Å². The summed E-state index contributed by atoms with van der Waals surface area (Å²) >= 11 is 5.57. The van der Waals surface area contributed by atoms with E-state index in [4.69, 9.17) is 11.6 Å². The van der Waals surface area contributed by atoms with E-state index in [1.54, 1.807) is 4.90 Å². The zero-order valence-electron chi connectivity index (χ0n) is 6.30. The molecule has 0 aromatic heterocycles. The predicted octanol–water partition coefficient (Wildman–Crippen LogP) is 1.44. The predicted molar refractivity (Wildman–Crippen MR) is 40.8 cm³/mol. The minimum atomic E-state index is 0.175. The first-order chi connectivity index (χ1) is 4.66. The Hall–Kier alpha value is -0.240. The van der Waals surface area contributed by atoms with Gasteiger partial charge in [-0.15, -0.1) is 11.6 Å². The van der Waals surface area contributed by atoms with Crippen molar-refractivity contribution in [3.05, 3.63) is 0 Å². The molecule has 0 spiro atoms. The Balaban J connectivity index is 2.64. The van der Waals surface area contributed by atoms with Crippen LogP contribution in [0, 0.1) is 5.92 Å². The lowest BCUT2D eigenvalue weighted by Gasteiger charge is -2.17. The Bertz CT molecular complexity index is 149. The molecule has 0 N–H and O–H groups in total. The Morgan fingerprint density at radius 1 is 1.70 bits per heavy atom. The van der Waals surface area contributed by atoms with Crippen molar-refractivity contribution in [3.63, 3.8) is 0 Å². The fourth-order valence-corrected chi connectivity index (χ4v) is 1.77. The first-order valence-corrected chi connectivity index (χ1v) is 4.06. The number of carbonyl (C=O) groups is 1. The van der Waals surface area contributed by atoms with Crippen molar-refractivity contribution < 1.29 is 4.79 Å². The van der Waals surface area contributed by atoms with Crippen molar-refractivity contribution in [1.29, 1.82) is 0 Å². The minimum Gasteiger partial charge on any atom is -0.326 e. The van der Waals surface area contributed by atoms with Gasteiger partial charge in [-0.05, 0) is 13.3 Å². The molecule has 1 rings (SSSR count). The van der Waals surface area contributed by atoms with E-state index in [0.29, 0.717) is 12.0 Å². The van der Waals surface area contributed by atoms with Gasteiger partial charge in [-0.25, -0.2) is 0 Å². The average molecular weight is 162 g/mol. The molecule has 1 amide bonds. The fourth-order valence-electron chi connectivity index (χ4n) is 1.42. The van der Waals surface area contributed by atoms with Gasteiger partial charge in [-0.3, -0.25) is 4.79 Å². The molecular weight excluding hydrogens is 150 g/mol. The smallest absolute Gasteiger partial charge is 0.226 e. The van der Waals surface area contributed by atoms with Crippen LogP contribution in [0.4, 0.5) is 0 Å². The van der Waals surface area contributed by atoms with Gasteiger partial charge in [0.15, 0.2) is 0 Å². The third-order valence-corrected chi connectivity index (χ3v) is 2.32. The lowest BCUT2D eigenvalue weighted by Crippen LogP contribution is -2.30. The number of alkyl halides is 1. The first-order valence-electron chi connectivity index (χ1n) is 3.53. The van der Waals surface area contributed by atoms with Gasteiger partial charge in [-0.1, -0.05) is 6.92 Å². The Labute approximate surface area is 66.1 Å². The molecule has 0 saturated carbocycles. The standard InChI is InChI=1S/C7H12ClNO/c1-5-3-6(2)9(4-8)7(5)10/h5-6H,3-4H2,1-2H3. The summed E-state index contributed by atoms with van der Waals surface area (Å²) in [4.78, 5) is 12.9. The summed E-state index contributed by atoms with van der Waals surface area (Å²) in [6.45, 7) is 3.98. The molecule has 2 unspecified atom stereocenters. The van der Waals surface area contributed by atoms with E-state index in [2.05, 4.69) is 0 Å². The number of hydrogen-bond acceptors (Lipinski definition) is 1. The van der Waals surface area contributed by atoms with Crippen LogP contribution >= 0.6 is 11.6 Å². The molecule has 0 aromatic rings. The highest BCUT2D eigenvalue weighted by atomic mass is 35.5. The lowest BCUT2D eigenvalue weighted by atomic mass is 10.1. The van der Waals surface area contributed by atoms with Gasteiger partial charge < -0.3 is 4.90 Å². The van der Waals surface area contributed by atoms with Crippen LogP contribution < -0.4 is 0 Å². The van der Waals surface area contributed by atoms with Gasteiger partial charge in [0.2, 0.25) is 5.91 Å². The van der Waals surface area contributed by atoms with Gasteiger partial charge in [0.1, 0.15) is 0 Å². The largest absolute Gasteiger partial charge is 0.326 e. The molecule has 1 aliphatic heterocycles. The van der Waals surface area contributed by atoms with Crippen LogP contribution in [0.25, 0.3) is 0 Å². The number of rotatable bonds is 1. The molecule has 10 heavy (non-hydrogen) atoms. The van der Waals surface area contributed by atoms with Crippen molar-refractivity contribution in [1.82, 2.24) is 4.90 Å². The van der Waals surface area contributed by atoms with Crippen molar-refractivity contribution >= 4 is 17.5 Å². The second kappa shape index (κ2) is 2.79. The zero-order chi connectivity index (χ0) is 7.72. The van der Waals surface area contributed by atoms with Crippen LogP contribution in [0.1, 0.15) is 20.3 Å². The number of likely N-dealkylation sites (tertiary alicyclic amines) is 1. The van der Waals surface area contributed by atoms with E-state index in [1.165, 1.54) is 0 Å². The monoisotopic (exact) mass is 161 g/mol. The number of amides is 1. The molecular formula is C7H12ClNO. The highest BCUT2D eigenvalue weighted by molar-refractivity contribution is 6.18. The van der Waals surface area contributed by atoms with E-state index < -0.39 is 0 Å². The number of nitrogens with zero attached hydrogens (tertiary/aromatic N) is 1. The van der Waals surface area contributed by atoms with Crippen molar-refractivity contribution in [2.75, 3.05) is 6.00 Å². The quantitative estimate of drug-likeness (QED) is 0.421. The van der Waals surface area contributed by atoms with Crippen molar-refractivity contribution in [3.8, 4) is 0 Å². The minimum absolute atomic E-state index is 0.175. The molecule has 3 heteroatoms. The molecule has 1 saturated heterocycles. The Morgan fingerprint density at radius 3 is 2.50 bits per heavy atom. The third kappa shape index (κ3) is 1.12. The van der Waals surface area contributed by atoms with Gasteiger partial charge in [0.25, 0.3) is 0 Å². The molecule has 2 atom stereocenters. The van der Waals surface area contributed by atoms with Crippen LogP contribution in [0.3, 0.4) is 0 Å². The van der Waals surface area contributed by atoms with E-state index in [-0.39, 0.29) is 11.8 Å². The fraction of sp³-hybridized carbons (Fsp3) is 0.857. The second-order valence-corrected chi connectivity index (χ2v) is 3.15. The van der Waals surface area contributed by atoms with Crippen LogP contribution in [0.2, 0.25) is 0 Å². The topological polar surface area (TPSA) is 20.3 Å². The summed E-state index contributed by atoms with van der Waals surface area (Å²) in [5, 5.41) is 0. The Kier molecular flexibility index (Phi) is 2.19. The summed E-state index contributed by atoms with van der Waals surface area (Å²) in [7, 11) is 0. The summed E-state index contributed by atoms with van der Waals surface area (Å²) in [6.07, 6.45) is 0.950. The van der Waals surface area contributed by atoms with Gasteiger partial charge >= 0.3 is 0 Å². The molecule has 1 heterocycles. The summed E-state index contributed by atoms with van der Waals surface area (Å²) in [6, 6.07) is 0.671. The molecule has 0 aromatic carbocycles. The highest BCUT2D eigenvalue weighted by Crippen LogP contribution is 2.23. The summed E-state index contributed by atoms with van der Waals surface area (Å²) < 4.78 is 0. The maximum Gasteiger partial charge on any atom is 0.226 e. The zero-order valence-corrected chi connectivity index (χ0v) is 7.06. The number of hydrogen-bond donors (Lipinski definition) is 0. The van der Waals surface area contributed by atoms with Crippen LogP contribution in [-0.2, 0) is 4.79 Å². The van der Waals surface area contributed by atoms with E-state index in [9.17, 15) is 4.79 Å². The van der Waals surface area contributed by atoms with Gasteiger partial charge in [-0.2, -0.15) is 0 Å². The Morgan fingerprint density at radius 2 is 2.30 bits per heavy atom. The number of halogens is 1. The number of carbonyl (C=O) groups excluding carboxylic acids is 1. The van der Waals surface area contributed by atoms with Crippen molar-refractivity contribution in [2.45, 2.75) is 26.3 Å². The van der Waals surface area contributed by atoms with Crippen molar-refractivity contribution in [2.24, 2.45) is 5.92 Å². The molecule has 58 valence electrons. The SMILES string of the molecule is CC1CC(C)N(CCl)C1=O. The van der Waals surface area contributed by atoms with Crippen LogP contribution in [0.5, 0.6) is 0 Å². The molecule has 2 nitrogen and oxygen atoms in total. The van der Waals surface area contributed by atoms with E-state index in [1.807, 2.05) is 13.8 Å². The highest BCUT2D eigenvalue weighted by Gasteiger charge is 2.32. The van der Waals surface area contributed by atoms with E-state index in [0.717, 1.165) is 6.42 Å². The molecule has 1 fully saturated rings. The summed E-state index contributed by atoms with van der Waals surface area (Å²) in [5.41, 5.74) is 0. The molecule has 0 aliphatic carbocycles. The maximum absolute atomic E-state index is 11.2. The normalized spacial score (nSPS) is 33.5. The third-order valence-electron chi connectivity index (χ3n) is 2.06. The van der Waals surface area contributed by atoms with Crippen LogP contribution in [0.15, 0.2) is 0 Å². The maximum atomic E-state index is 11.2. The molecule has 0 radical (unpaired) electrons. The second-order valence-electron chi connectivity index (χ2n) is 2.91. The first kappa shape index (κ1) is 7.86. The van der Waals surface area contributed by atoms with E-state index >= 15 is 0 Å². The lowest BCUT2D eigenvalue weighted by molar-refractivity contribution is -0.130. The molecule has 1 aliphatic rings.